The van der Waals surface area contributed by atoms with Crippen molar-refractivity contribution >= 4 is 32.6 Å². The first-order valence-electron chi connectivity index (χ1n) is 13.5. The number of morpholine rings is 1. The SMILES string of the molecule is COc1cc(-c2nn(C3CCC(N4CCOCC4)CC3)c3ncnc(N)c23)ccc1NS(=O)(=O)c1ccccc1. The number of anilines is 2. The number of nitrogens with zero attached hydrogens (tertiary/aromatic N) is 5. The van der Waals surface area contributed by atoms with E-state index in [2.05, 4.69) is 19.6 Å². The Hall–Kier alpha value is -3.74. The van der Waals surface area contributed by atoms with Gasteiger partial charge in [-0.05, 0) is 49.9 Å². The number of aromatic nitrogens is 4. The van der Waals surface area contributed by atoms with Gasteiger partial charge in [0.05, 0.1) is 42.3 Å². The van der Waals surface area contributed by atoms with Gasteiger partial charge in [0.25, 0.3) is 10.0 Å². The normalized spacial score (nSPS) is 20.4. The fourth-order valence-corrected chi connectivity index (χ4v) is 6.88. The Kier molecular flexibility index (Phi) is 7.30. The van der Waals surface area contributed by atoms with Crippen LogP contribution in [0.2, 0.25) is 0 Å². The van der Waals surface area contributed by atoms with E-state index in [1.807, 2.05) is 4.68 Å². The van der Waals surface area contributed by atoms with Crippen LogP contribution in [0.3, 0.4) is 0 Å². The maximum atomic E-state index is 12.9. The molecule has 2 fully saturated rings. The van der Waals surface area contributed by atoms with Gasteiger partial charge in [0, 0.05) is 24.7 Å². The fourth-order valence-electron chi connectivity index (χ4n) is 5.79. The number of sulfonamides is 1. The molecule has 1 aliphatic heterocycles. The predicted octanol–water partition coefficient (Wildman–Crippen LogP) is 3.70. The molecule has 40 heavy (non-hydrogen) atoms. The first-order chi connectivity index (χ1) is 19.4. The van der Waals surface area contributed by atoms with Gasteiger partial charge in [-0.3, -0.25) is 9.62 Å². The van der Waals surface area contributed by atoms with Gasteiger partial charge in [-0.25, -0.2) is 23.1 Å². The van der Waals surface area contributed by atoms with Crippen molar-refractivity contribution in [1.82, 2.24) is 24.6 Å². The summed E-state index contributed by atoms with van der Waals surface area (Å²) in [6, 6.07) is 14.2. The lowest BCUT2D eigenvalue weighted by Crippen LogP contribution is -2.45. The molecule has 12 heteroatoms. The summed E-state index contributed by atoms with van der Waals surface area (Å²) in [6.07, 6.45) is 5.64. The van der Waals surface area contributed by atoms with Crippen molar-refractivity contribution in [2.75, 3.05) is 43.9 Å². The van der Waals surface area contributed by atoms with Crippen molar-refractivity contribution in [3.63, 3.8) is 0 Å². The molecule has 0 radical (unpaired) electrons. The highest BCUT2D eigenvalue weighted by Gasteiger charge is 2.30. The van der Waals surface area contributed by atoms with Gasteiger partial charge in [0.1, 0.15) is 23.6 Å². The van der Waals surface area contributed by atoms with E-state index in [9.17, 15) is 8.42 Å². The Morgan fingerprint density at radius 3 is 2.45 bits per heavy atom. The number of hydrogen-bond donors (Lipinski definition) is 2. The average Bonchev–Trinajstić information content (AvgIpc) is 3.39. The number of nitrogen functional groups attached to an aromatic ring is 1. The Bertz CT molecular complexity index is 1600. The second-order valence-corrected chi connectivity index (χ2v) is 11.9. The molecule has 0 atom stereocenters. The van der Waals surface area contributed by atoms with Crippen LogP contribution in [0.15, 0.2) is 59.8 Å². The lowest BCUT2D eigenvalue weighted by Gasteiger charge is -2.38. The highest BCUT2D eigenvalue weighted by molar-refractivity contribution is 7.92. The quantitative estimate of drug-likeness (QED) is 0.345. The molecule has 1 aliphatic carbocycles. The Labute approximate surface area is 233 Å². The van der Waals surface area contributed by atoms with Crippen LogP contribution in [0.1, 0.15) is 31.7 Å². The van der Waals surface area contributed by atoms with Gasteiger partial charge in [-0.15, -0.1) is 0 Å². The molecule has 3 heterocycles. The van der Waals surface area contributed by atoms with Gasteiger partial charge in [0.15, 0.2) is 5.65 Å². The zero-order chi connectivity index (χ0) is 27.7. The fraction of sp³-hybridized carbons (Fsp3) is 0.393. The van der Waals surface area contributed by atoms with E-state index < -0.39 is 10.0 Å². The van der Waals surface area contributed by atoms with Gasteiger partial charge in [-0.2, -0.15) is 5.10 Å². The van der Waals surface area contributed by atoms with E-state index in [1.165, 1.54) is 13.4 Å². The van der Waals surface area contributed by atoms with Gasteiger partial charge < -0.3 is 15.2 Å². The molecule has 4 aromatic rings. The Morgan fingerprint density at radius 1 is 1.00 bits per heavy atom. The van der Waals surface area contributed by atoms with Crippen molar-refractivity contribution in [3.05, 3.63) is 54.9 Å². The molecule has 0 bridgehead atoms. The van der Waals surface area contributed by atoms with Crippen LogP contribution >= 0.6 is 0 Å². The summed E-state index contributed by atoms with van der Waals surface area (Å²) < 4.78 is 41.6. The van der Waals surface area contributed by atoms with Crippen LogP contribution in [-0.4, -0.2) is 72.5 Å². The summed E-state index contributed by atoms with van der Waals surface area (Å²) in [5.74, 6) is 0.710. The molecule has 0 amide bonds. The molecule has 6 rings (SSSR count). The summed E-state index contributed by atoms with van der Waals surface area (Å²) >= 11 is 0. The first kappa shape index (κ1) is 26.5. The number of nitrogens with two attached hydrogens (primary N) is 1. The molecule has 0 spiro atoms. The third-order valence-corrected chi connectivity index (χ3v) is 9.25. The molecule has 1 saturated carbocycles. The van der Waals surface area contributed by atoms with E-state index >= 15 is 0 Å². The lowest BCUT2D eigenvalue weighted by atomic mass is 9.90. The van der Waals surface area contributed by atoms with Crippen LogP contribution in [0.5, 0.6) is 5.75 Å². The largest absolute Gasteiger partial charge is 0.495 e. The number of methoxy groups -OCH3 is 1. The third-order valence-electron chi connectivity index (χ3n) is 7.87. The minimum Gasteiger partial charge on any atom is -0.495 e. The van der Waals surface area contributed by atoms with Gasteiger partial charge in [0.2, 0.25) is 0 Å². The number of nitrogens with one attached hydrogen (secondary N) is 1. The molecule has 210 valence electrons. The van der Waals surface area contributed by atoms with E-state index in [0.29, 0.717) is 40.0 Å². The summed E-state index contributed by atoms with van der Waals surface area (Å²) in [5.41, 5.74) is 8.75. The van der Waals surface area contributed by atoms with Crippen molar-refractivity contribution in [1.29, 1.82) is 0 Å². The molecule has 2 aliphatic rings. The van der Waals surface area contributed by atoms with Crippen LogP contribution in [0.25, 0.3) is 22.3 Å². The molecular formula is C28H33N7O4S. The predicted molar refractivity (Wildman–Crippen MR) is 153 cm³/mol. The Morgan fingerprint density at radius 2 is 1.73 bits per heavy atom. The van der Waals surface area contributed by atoms with E-state index in [0.717, 1.165) is 57.6 Å². The molecule has 1 saturated heterocycles. The second kappa shape index (κ2) is 11.0. The monoisotopic (exact) mass is 563 g/mol. The zero-order valence-electron chi connectivity index (χ0n) is 22.4. The summed E-state index contributed by atoms with van der Waals surface area (Å²) in [6.45, 7) is 3.60. The number of ether oxygens (including phenoxy) is 2. The standard InChI is InChI=1S/C28H33N7O4S/c1-38-24-17-19(7-12-23(24)33-40(36,37)22-5-3-2-4-6-22)26-25-27(29)30-18-31-28(25)35(32-26)21-10-8-20(9-11-21)34-13-15-39-16-14-34/h2-7,12,17-18,20-21,33H,8-11,13-16H2,1H3,(H2,29,30,31). The third kappa shape index (κ3) is 5.09. The van der Waals surface area contributed by atoms with Crippen LogP contribution in [0, 0.1) is 0 Å². The molecule has 2 aromatic heterocycles. The van der Waals surface area contributed by atoms with E-state index in [1.54, 1.807) is 48.5 Å². The van der Waals surface area contributed by atoms with Crippen molar-refractivity contribution < 1.29 is 17.9 Å². The molecule has 11 nitrogen and oxygen atoms in total. The van der Waals surface area contributed by atoms with Crippen LogP contribution < -0.4 is 15.2 Å². The summed E-state index contributed by atoms with van der Waals surface area (Å²) in [7, 11) is -2.29. The van der Waals surface area contributed by atoms with Crippen molar-refractivity contribution in [2.45, 2.75) is 42.7 Å². The van der Waals surface area contributed by atoms with E-state index in [4.69, 9.17) is 20.3 Å². The maximum Gasteiger partial charge on any atom is 0.262 e. The maximum absolute atomic E-state index is 12.9. The highest BCUT2D eigenvalue weighted by Crippen LogP contribution is 2.39. The second-order valence-electron chi connectivity index (χ2n) is 10.2. The highest BCUT2D eigenvalue weighted by atomic mass is 32.2. The molecule has 0 unspecified atom stereocenters. The lowest BCUT2D eigenvalue weighted by molar-refractivity contribution is 0.00520. The average molecular weight is 564 g/mol. The van der Waals surface area contributed by atoms with Gasteiger partial charge >= 0.3 is 0 Å². The number of rotatable bonds is 7. The summed E-state index contributed by atoms with van der Waals surface area (Å²) in [5, 5.41) is 5.69. The number of fused-ring (bicyclic) bond motifs is 1. The first-order valence-corrected chi connectivity index (χ1v) is 15.0. The van der Waals surface area contributed by atoms with Crippen molar-refractivity contribution in [3.8, 4) is 17.0 Å². The minimum atomic E-state index is -3.79. The Balaban J connectivity index is 1.30. The van der Waals surface area contributed by atoms with Crippen LogP contribution in [0.4, 0.5) is 11.5 Å². The van der Waals surface area contributed by atoms with E-state index in [-0.39, 0.29) is 10.9 Å². The number of hydrogen-bond acceptors (Lipinski definition) is 9. The topological polar surface area (TPSA) is 137 Å². The zero-order valence-corrected chi connectivity index (χ0v) is 23.2. The van der Waals surface area contributed by atoms with Crippen LogP contribution in [-0.2, 0) is 14.8 Å². The smallest absolute Gasteiger partial charge is 0.262 e. The minimum absolute atomic E-state index is 0.166. The van der Waals surface area contributed by atoms with Gasteiger partial charge in [-0.1, -0.05) is 24.3 Å². The number of benzene rings is 2. The summed E-state index contributed by atoms with van der Waals surface area (Å²) in [4.78, 5) is 11.5. The molecule has 2 aromatic carbocycles. The molecular weight excluding hydrogens is 530 g/mol. The van der Waals surface area contributed by atoms with Crippen molar-refractivity contribution in [2.24, 2.45) is 0 Å². The molecule has 3 N–H and O–H groups in total.